The number of amides is 1. The summed E-state index contributed by atoms with van der Waals surface area (Å²) in [5.74, 6) is 1.32. The lowest BCUT2D eigenvalue weighted by atomic mass is 9.72. The summed E-state index contributed by atoms with van der Waals surface area (Å²) in [4.78, 5) is 30.8. The van der Waals surface area contributed by atoms with Gasteiger partial charge in [0.05, 0.1) is 25.0 Å². The number of thiophene rings is 1. The van der Waals surface area contributed by atoms with Crippen molar-refractivity contribution in [3.8, 4) is 5.75 Å². The molecule has 0 aliphatic heterocycles. The van der Waals surface area contributed by atoms with Crippen LogP contribution in [0.25, 0.3) is 0 Å². The Hall–Kier alpha value is -3.39. The molecule has 0 fully saturated rings. The molecule has 2 aromatic heterocycles. The van der Waals surface area contributed by atoms with Crippen LogP contribution in [0.5, 0.6) is 5.75 Å². The molecule has 0 spiro atoms. The van der Waals surface area contributed by atoms with Crippen molar-refractivity contribution in [1.82, 2.24) is 5.32 Å². The summed E-state index contributed by atoms with van der Waals surface area (Å²) >= 11 is 1.61. The first-order valence-corrected chi connectivity index (χ1v) is 13.4. The predicted molar refractivity (Wildman–Crippen MR) is 145 cm³/mol. The number of hydrogen-bond donors (Lipinski definition) is 1. The lowest BCUT2D eigenvalue weighted by Gasteiger charge is -2.33. The van der Waals surface area contributed by atoms with Crippen molar-refractivity contribution in [3.63, 3.8) is 0 Å². The van der Waals surface area contributed by atoms with Crippen molar-refractivity contribution in [3.05, 3.63) is 70.0 Å². The van der Waals surface area contributed by atoms with Gasteiger partial charge in [-0.25, -0.2) is 9.79 Å². The number of ether oxygens (including phenoxy) is 2. The highest BCUT2D eigenvalue weighted by atomic mass is 32.1. The fraction of sp³-hybridized carbons (Fsp3) is 0.414. The number of carbonyl (C=O) groups excluding carboxylic acids is 2. The number of carbonyl (C=O) groups is 2. The average Bonchev–Trinajstić information content (AvgIpc) is 3.52. The number of rotatable bonds is 9. The van der Waals surface area contributed by atoms with Crippen molar-refractivity contribution in [2.24, 2.45) is 16.3 Å². The van der Waals surface area contributed by atoms with Gasteiger partial charge in [0.2, 0.25) is 0 Å². The van der Waals surface area contributed by atoms with E-state index in [1.165, 1.54) is 4.88 Å². The standard InChI is InChI=1S/C29H34N2O5S/c1-5-34-25(32)18-36-21-11-8-19(9-12-21)16-31-28-26(27(33)30-17-22-7-6-14-35-22)23-13-10-20(29(2,3)4)15-24(23)37-28/h6-9,11-12,14,16,20H,5,10,13,15,17-18H2,1-4H3,(H,30,33)/t20-/m1/s1. The van der Waals surface area contributed by atoms with Gasteiger partial charge in [0.1, 0.15) is 16.5 Å². The highest BCUT2D eigenvalue weighted by Crippen LogP contribution is 2.45. The highest BCUT2D eigenvalue weighted by molar-refractivity contribution is 7.16. The molecule has 1 aliphatic carbocycles. The van der Waals surface area contributed by atoms with E-state index in [1.807, 2.05) is 24.3 Å². The van der Waals surface area contributed by atoms with Gasteiger partial charge in [-0.15, -0.1) is 11.3 Å². The van der Waals surface area contributed by atoms with Crippen molar-refractivity contribution in [2.45, 2.75) is 53.5 Å². The fourth-order valence-electron chi connectivity index (χ4n) is 4.43. The lowest BCUT2D eigenvalue weighted by molar-refractivity contribution is -0.145. The van der Waals surface area contributed by atoms with E-state index in [2.05, 4.69) is 26.1 Å². The third kappa shape index (κ3) is 6.89. The van der Waals surface area contributed by atoms with Crippen LogP contribution in [0.1, 0.15) is 66.2 Å². The molecule has 3 aromatic rings. The lowest BCUT2D eigenvalue weighted by Crippen LogP contribution is -2.28. The molecule has 196 valence electrons. The maximum atomic E-state index is 13.3. The van der Waals surface area contributed by atoms with E-state index in [4.69, 9.17) is 18.9 Å². The van der Waals surface area contributed by atoms with Crippen LogP contribution in [0, 0.1) is 11.3 Å². The van der Waals surface area contributed by atoms with E-state index in [0.29, 0.717) is 36.1 Å². The van der Waals surface area contributed by atoms with Crippen LogP contribution < -0.4 is 10.1 Å². The number of nitrogens with zero attached hydrogens (tertiary/aromatic N) is 1. The predicted octanol–water partition coefficient (Wildman–Crippen LogP) is 6.11. The average molecular weight is 523 g/mol. The summed E-state index contributed by atoms with van der Waals surface area (Å²) in [6, 6.07) is 10.9. The zero-order valence-electron chi connectivity index (χ0n) is 21.8. The number of esters is 1. The topological polar surface area (TPSA) is 90.1 Å². The Labute approximate surface area is 221 Å². The van der Waals surface area contributed by atoms with E-state index in [9.17, 15) is 9.59 Å². The summed E-state index contributed by atoms with van der Waals surface area (Å²) in [6.07, 6.45) is 6.26. The fourth-order valence-corrected chi connectivity index (χ4v) is 5.70. The van der Waals surface area contributed by atoms with E-state index in [-0.39, 0.29) is 17.9 Å². The minimum absolute atomic E-state index is 0.127. The van der Waals surface area contributed by atoms with E-state index in [0.717, 1.165) is 35.4 Å². The van der Waals surface area contributed by atoms with Gasteiger partial charge in [0.15, 0.2) is 6.61 Å². The zero-order chi connectivity index (χ0) is 26.4. The normalized spacial score (nSPS) is 15.4. The van der Waals surface area contributed by atoms with Crippen molar-refractivity contribution in [1.29, 1.82) is 0 Å². The van der Waals surface area contributed by atoms with Crippen molar-refractivity contribution in [2.75, 3.05) is 13.2 Å². The van der Waals surface area contributed by atoms with E-state index >= 15 is 0 Å². The Bertz CT molecular complexity index is 1240. The second-order valence-electron chi connectivity index (χ2n) is 10.2. The Morgan fingerprint density at radius 2 is 2.00 bits per heavy atom. The number of hydrogen-bond acceptors (Lipinski definition) is 7. The minimum atomic E-state index is -0.402. The Kier molecular flexibility index (Phi) is 8.48. The Balaban J connectivity index is 1.53. The first kappa shape index (κ1) is 26.7. The molecule has 1 aliphatic rings. The first-order valence-electron chi connectivity index (χ1n) is 12.6. The molecule has 0 bridgehead atoms. The van der Waals surface area contributed by atoms with Gasteiger partial charge in [0.25, 0.3) is 5.91 Å². The number of furan rings is 1. The number of fused-ring (bicyclic) bond motifs is 1. The number of benzene rings is 1. The third-order valence-corrected chi connectivity index (χ3v) is 7.74. The van der Waals surface area contributed by atoms with Crippen LogP contribution >= 0.6 is 11.3 Å². The molecule has 1 atom stereocenters. The summed E-state index contributed by atoms with van der Waals surface area (Å²) in [7, 11) is 0. The van der Waals surface area contributed by atoms with Gasteiger partial charge >= 0.3 is 5.97 Å². The Morgan fingerprint density at radius 1 is 1.22 bits per heavy atom. The molecule has 1 amide bonds. The number of aliphatic imine (C=N–C) groups is 1. The monoisotopic (exact) mass is 522 g/mol. The number of nitrogens with one attached hydrogen (secondary N) is 1. The van der Waals surface area contributed by atoms with Gasteiger partial charge in [-0.3, -0.25) is 4.79 Å². The van der Waals surface area contributed by atoms with Crippen LogP contribution in [-0.4, -0.2) is 31.3 Å². The highest BCUT2D eigenvalue weighted by Gasteiger charge is 2.33. The van der Waals surface area contributed by atoms with Gasteiger partial charge < -0.3 is 19.2 Å². The third-order valence-electron chi connectivity index (χ3n) is 6.57. The molecule has 37 heavy (non-hydrogen) atoms. The van der Waals surface area contributed by atoms with Gasteiger partial charge in [-0.05, 0) is 85.0 Å². The summed E-state index contributed by atoms with van der Waals surface area (Å²) in [5.41, 5.74) is 2.87. The second kappa shape index (κ2) is 11.8. The molecule has 7 nitrogen and oxygen atoms in total. The summed E-state index contributed by atoms with van der Waals surface area (Å²) < 4.78 is 15.7. The minimum Gasteiger partial charge on any atom is -0.482 e. The molecule has 4 rings (SSSR count). The van der Waals surface area contributed by atoms with Crippen LogP contribution in [-0.2, 0) is 28.9 Å². The maximum absolute atomic E-state index is 13.3. The molecule has 0 radical (unpaired) electrons. The second-order valence-corrected chi connectivity index (χ2v) is 11.3. The molecular formula is C29H34N2O5S. The van der Waals surface area contributed by atoms with Crippen LogP contribution in [0.4, 0.5) is 5.00 Å². The van der Waals surface area contributed by atoms with Crippen LogP contribution in [0.2, 0.25) is 0 Å². The van der Waals surface area contributed by atoms with Crippen LogP contribution in [0.3, 0.4) is 0 Å². The van der Waals surface area contributed by atoms with E-state index in [1.54, 1.807) is 42.9 Å². The molecule has 1 aromatic carbocycles. The largest absolute Gasteiger partial charge is 0.482 e. The van der Waals surface area contributed by atoms with Crippen LogP contribution in [0.15, 0.2) is 52.1 Å². The quantitative estimate of drug-likeness (QED) is 0.270. The zero-order valence-corrected chi connectivity index (χ0v) is 22.7. The van der Waals surface area contributed by atoms with Gasteiger partial charge in [-0.2, -0.15) is 0 Å². The molecule has 2 heterocycles. The molecule has 0 unspecified atom stereocenters. The maximum Gasteiger partial charge on any atom is 0.344 e. The molecule has 0 saturated carbocycles. The van der Waals surface area contributed by atoms with Gasteiger partial charge in [0, 0.05) is 11.1 Å². The first-order chi connectivity index (χ1) is 17.7. The van der Waals surface area contributed by atoms with E-state index < -0.39 is 5.97 Å². The Morgan fingerprint density at radius 3 is 2.68 bits per heavy atom. The molecule has 8 heteroatoms. The molecule has 0 saturated heterocycles. The summed E-state index contributed by atoms with van der Waals surface area (Å²) in [5, 5.41) is 3.72. The van der Waals surface area contributed by atoms with Crippen molar-refractivity contribution < 1.29 is 23.5 Å². The molecular weight excluding hydrogens is 488 g/mol. The smallest absolute Gasteiger partial charge is 0.344 e. The summed E-state index contributed by atoms with van der Waals surface area (Å²) in [6.45, 7) is 9.13. The molecule has 1 N–H and O–H groups in total. The SMILES string of the molecule is CCOC(=O)COc1ccc(C=Nc2sc3c(c2C(=O)NCc2ccco2)CC[C@@H](C(C)(C)C)C3)cc1. The van der Waals surface area contributed by atoms with Crippen molar-refractivity contribution >= 4 is 34.4 Å². The van der Waals surface area contributed by atoms with Gasteiger partial charge in [-0.1, -0.05) is 20.8 Å².